The van der Waals surface area contributed by atoms with Crippen LogP contribution in [0.2, 0.25) is 0 Å². The van der Waals surface area contributed by atoms with Crippen molar-refractivity contribution in [2.75, 3.05) is 33.3 Å². The van der Waals surface area contributed by atoms with Crippen molar-refractivity contribution < 1.29 is 28.5 Å². The van der Waals surface area contributed by atoms with Gasteiger partial charge in [0.15, 0.2) is 0 Å². The maximum Gasteiger partial charge on any atom is 0.337 e. The van der Waals surface area contributed by atoms with Crippen molar-refractivity contribution in [1.82, 2.24) is 15.0 Å². The van der Waals surface area contributed by atoms with Crippen LogP contribution >= 0.6 is 0 Å². The van der Waals surface area contributed by atoms with Crippen LogP contribution in [0.15, 0.2) is 42.7 Å². The summed E-state index contributed by atoms with van der Waals surface area (Å²) in [6.45, 7) is 2.45. The van der Waals surface area contributed by atoms with Gasteiger partial charge in [0.2, 0.25) is 5.88 Å². The second-order valence-electron chi connectivity index (χ2n) is 10.3. The number of pyridine rings is 1. The Morgan fingerprint density at radius 2 is 1.77 bits per heavy atom. The van der Waals surface area contributed by atoms with E-state index in [1.165, 1.54) is 27.5 Å². The Bertz CT molecular complexity index is 1670. The van der Waals surface area contributed by atoms with Crippen molar-refractivity contribution in [3.05, 3.63) is 59.4 Å². The highest BCUT2D eigenvalue weighted by Crippen LogP contribution is 2.42. The van der Waals surface area contributed by atoms with Crippen molar-refractivity contribution in [3.63, 3.8) is 0 Å². The Balaban J connectivity index is 1.69. The monoisotopic (exact) mass is 585 g/mol. The van der Waals surface area contributed by atoms with E-state index >= 15 is 0 Å². The van der Waals surface area contributed by atoms with Crippen LogP contribution in [0.1, 0.15) is 71.2 Å². The third kappa shape index (κ3) is 6.15. The molecule has 1 aliphatic carbocycles. The largest absolute Gasteiger partial charge is 0.493 e. The minimum atomic E-state index is -0.651. The quantitative estimate of drug-likeness (QED) is 0.207. The number of nitrogens with zero attached hydrogens (tertiary/aromatic N) is 3. The smallest absolute Gasteiger partial charge is 0.337 e. The number of benzene rings is 2. The van der Waals surface area contributed by atoms with E-state index in [9.17, 15) is 9.59 Å². The molecule has 0 aliphatic heterocycles. The summed E-state index contributed by atoms with van der Waals surface area (Å²) in [6, 6.07) is 9.43. The van der Waals surface area contributed by atoms with E-state index in [0.717, 1.165) is 37.7 Å². The molecule has 2 aromatic heterocycles. The molecule has 3 N–H and O–H groups in total. The Morgan fingerprint density at radius 1 is 0.977 bits per heavy atom. The van der Waals surface area contributed by atoms with E-state index in [-0.39, 0.29) is 11.6 Å². The molecular weight excluding hydrogens is 550 g/mol. The highest BCUT2D eigenvalue weighted by molar-refractivity contribution is 6.09. The number of nitrogens with two attached hydrogens (primary N) is 1. The summed E-state index contributed by atoms with van der Waals surface area (Å²) in [7, 11) is 4.35. The fraction of sp³-hybridized carbons (Fsp3) is 0.344. The number of amides is 1. The van der Waals surface area contributed by atoms with Crippen LogP contribution in [0.5, 0.6) is 17.6 Å². The zero-order chi connectivity index (χ0) is 30.5. The highest BCUT2D eigenvalue weighted by Gasteiger charge is 2.23. The second-order valence-corrected chi connectivity index (χ2v) is 10.3. The Kier molecular flexibility index (Phi) is 8.89. The fourth-order valence-corrected chi connectivity index (χ4v) is 5.47. The highest BCUT2D eigenvalue weighted by atomic mass is 16.5. The van der Waals surface area contributed by atoms with Gasteiger partial charge in [0.05, 0.1) is 55.8 Å². The zero-order valence-corrected chi connectivity index (χ0v) is 24.7. The average molecular weight is 586 g/mol. The molecule has 1 aliphatic rings. The first-order valence-corrected chi connectivity index (χ1v) is 14.2. The third-order valence-corrected chi connectivity index (χ3v) is 7.57. The van der Waals surface area contributed by atoms with Crippen LogP contribution in [-0.4, -0.2) is 54.8 Å². The maximum atomic E-state index is 12.6. The van der Waals surface area contributed by atoms with Gasteiger partial charge in [-0.15, -0.1) is 0 Å². The molecule has 5 rings (SSSR count). The minimum Gasteiger partial charge on any atom is -0.493 e. The number of carbonyl (C=O) groups is 2. The summed E-state index contributed by atoms with van der Waals surface area (Å²) in [5.41, 5.74) is 10.4. The van der Waals surface area contributed by atoms with Gasteiger partial charge in [0, 0.05) is 29.0 Å². The average Bonchev–Trinajstić information content (AvgIpc) is 3.58. The van der Waals surface area contributed by atoms with Crippen LogP contribution in [0.25, 0.3) is 22.0 Å². The number of carbonyl (C=O) groups excluding carboxylic acids is 2. The zero-order valence-electron chi connectivity index (χ0n) is 24.7. The first kappa shape index (κ1) is 29.6. The van der Waals surface area contributed by atoms with E-state index in [2.05, 4.69) is 20.3 Å². The number of hydrogen-bond donors (Lipinski definition) is 2. The van der Waals surface area contributed by atoms with Crippen molar-refractivity contribution in [3.8, 4) is 28.8 Å². The Labute approximate surface area is 249 Å². The number of nitrogens with one attached hydrogen (secondary N) is 1. The molecule has 11 nitrogen and oxygen atoms in total. The lowest BCUT2D eigenvalue weighted by Gasteiger charge is -2.19. The van der Waals surface area contributed by atoms with E-state index in [1.54, 1.807) is 12.3 Å². The van der Waals surface area contributed by atoms with Gasteiger partial charge in [-0.2, -0.15) is 4.98 Å². The molecule has 0 saturated heterocycles. The Hall–Kier alpha value is -4.93. The normalized spacial score (nSPS) is 13.1. The second kappa shape index (κ2) is 12.9. The van der Waals surface area contributed by atoms with E-state index in [0.29, 0.717) is 63.1 Å². The summed E-state index contributed by atoms with van der Waals surface area (Å²) in [5.74, 6) is 0.0744. The summed E-state index contributed by atoms with van der Waals surface area (Å²) >= 11 is 0. The molecule has 2 heterocycles. The molecule has 4 aromatic rings. The molecule has 224 valence electrons. The van der Waals surface area contributed by atoms with Gasteiger partial charge in [0.1, 0.15) is 5.75 Å². The number of esters is 1. The predicted octanol–water partition coefficient (Wildman–Crippen LogP) is 5.78. The lowest BCUT2D eigenvalue weighted by Crippen LogP contribution is -2.14. The molecule has 0 radical (unpaired) electrons. The minimum absolute atomic E-state index is 0.166. The van der Waals surface area contributed by atoms with Gasteiger partial charge in [-0.25, -0.2) is 9.78 Å². The molecule has 2 aromatic carbocycles. The summed E-state index contributed by atoms with van der Waals surface area (Å²) in [4.78, 5) is 38.4. The van der Waals surface area contributed by atoms with E-state index < -0.39 is 11.9 Å². The third-order valence-electron chi connectivity index (χ3n) is 7.57. The van der Waals surface area contributed by atoms with Gasteiger partial charge < -0.3 is 30.0 Å². The maximum absolute atomic E-state index is 12.6. The summed E-state index contributed by atoms with van der Waals surface area (Å²) < 4.78 is 21.9. The molecule has 0 bridgehead atoms. The lowest BCUT2D eigenvalue weighted by atomic mass is 9.95. The molecule has 0 spiro atoms. The fourth-order valence-electron chi connectivity index (χ4n) is 5.47. The van der Waals surface area contributed by atoms with Crippen LogP contribution in [0.4, 0.5) is 11.4 Å². The lowest BCUT2D eigenvalue weighted by molar-refractivity contribution is 0.0600. The number of ether oxygens (including phenoxy) is 4. The van der Waals surface area contributed by atoms with E-state index in [4.69, 9.17) is 24.7 Å². The van der Waals surface area contributed by atoms with Crippen LogP contribution in [-0.2, 0) is 4.74 Å². The van der Waals surface area contributed by atoms with Crippen molar-refractivity contribution in [1.29, 1.82) is 0 Å². The molecule has 1 amide bonds. The number of primary amides is 1. The summed E-state index contributed by atoms with van der Waals surface area (Å²) in [6.07, 6.45) is 8.19. The standard InChI is InChI=1S/C32H35N5O6/c1-5-10-43-27-15-23-26(14-22(27)24-16-35-32(42-4)37-30(24)40-2)34-17-25(29(33)38)28(23)36-21-12-19(18-8-6-7-9-18)11-20(13-21)31(39)41-3/h11-18H,5-10H2,1-4H3,(H2,33,38)(H,34,36). The first-order valence-electron chi connectivity index (χ1n) is 14.2. The van der Waals surface area contributed by atoms with E-state index in [1.807, 2.05) is 31.2 Å². The topological polar surface area (TPSA) is 148 Å². The number of methoxy groups -OCH3 is 3. The predicted molar refractivity (Wildman–Crippen MR) is 162 cm³/mol. The molecule has 0 atom stereocenters. The van der Waals surface area contributed by atoms with Gasteiger partial charge in [-0.1, -0.05) is 19.8 Å². The molecule has 0 unspecified atom stereocenters. The number of aromatic nitrogens is 3. The van der Waals surface area contributed by atoms with Crippen LogP contribution < -0.4 is 25.3 Å². The number of hydrogen-bond acceptors (Lipinski definition) is 10. The van der Waals surface area contributed by atoms with Gasteiger partial charge in [0.25, 0.3) is 5.91 Å². The number of anilines is 2. The van der Waals surface area contributed by atoms with Crippen LogP contribution in [0.3, 0.4) is 0 Å². The number of rotatable bonds is 11. The van der Waals surface area contributed by atoms with Gasteiger partial charge in [-0.05, 0) is 61.1 Å². The Morgan fingerprint density at radius 3 is 2.44 bits per heavy atom. The molecular formula is C32H35N5O6. The molecule has 43 heavy (non-hydrogen) atoms. The summed E-state index contributed by atoms with van der Waals surface area (Å²) in [5, 5.41) is 3.99. The number of fused-ring (bicyclic) bond motifs is 1. The SMILES string of the molecule is CCCOc1cc2c(Nc3cc(C(=O)OC)cc(C4CCCC4)c3)c(C(N)=O)cnc2cc1-c1cnc(OC)nc1OC. The van der Waals surface area contributed by atoms with Crippen LogP contribution in [0, 0.1) is 0 Å². The molecule has 1 saturated carbocycles. The van der Waals surface area contributed by atoms with Crippen molar-refractivity contribution in [2.45, 2.75) is 44.9 Å². The van der Waals surface area contributed by atoms with Gasteiger partial charge >= 0.3 is 12.0 Å². The van der Waals surface area contributed by atoms with Crippen molar-refractivity contribution >= 4 is 34.2 Å². The molecule has 11 heteroatoms. The van der Waals surface area contributed by atoms with Crippen molar-refractivity contribution in [2.24, 2.45) is 5.73 Å². The molecule has 1 fully saturated rings. The van der Waals surface area contributed by atoms with Gasteiger partial charge in [-0.3, -0.25) is 9.78 Å². The first-order chi connectivity index (χ1) is 20.9.